The maximum Gasteiger partial charge on any atom is 0.119 e. The zero-order valence-corrected chi connectivity index (χ0v) is 17.8. The van der Waals surface area contributed by atoms with E-state index in [4.69, 9.17) is 9.47 Å². The topological polar surface area (TPSA) is 123 Å². The minimum absolute atomic E-state index is 0.293. The quantitative estimate of drug-likeness (QED) is 0.543. The maximum atomic E-state index is 10.4. The van der Waals surface area contributed by atoms with Gasteiger partial charge in [-0.25, -0.2) is 0 Å². The highest BCUT2D eigenvalue weighted by Gasteiger charge is 2.44. The lowest BCUT2D eigenvalue weighted by Gasteiger charge is -2.40. The Hall–Kier alpha value is -2.47. The summed E-state index contributed by atoms with van der Waals surface area (Å²) in [5.74, 6) is 0.844. The molecule has 0 unspecified atom stereocenters. The first-order valence-corrected chi connectivity index (χ1v) is 11.1. The van der Waals surface area contributed by atoms with Crippen LogP contribution in [0.2, 0.25) is 0 Å². The fourth-order valence-electron chi connectivity index (χ4n) is 4.53. The molecule has 1 aliphatic carbocycles. The van der Waals surface area contributed by atoms with E-state index in [0.717, 1.165) is 29.7 Å². The summed E-state index contributed by atoms with van der Waals surface area (Å²) in [4.78, 5) is 0. The van der Waals surface area contributed by atoms with Crippen molar-refractivity contribution in [3.63, 3.8) is 0 Å². The Bertz CT molecular complexity index is 948. The molecule has 4 N–H and O–H groups in total. The van der Waals surface area contributed by atoms with Gasteiger partial charge in [0.05, 0.1) is 24.3 Å². The van der Waals surface area contributed by atoms with Crippen LogP contribution in [0.4, 0.5) is 0 Å². The van der Waals surface area contributed by atoms with Gasteiger partial charge in [0.15, 0.2) is 0 Å². The molecule has 0 amide bonds. The minimum atomic E-state index is -1.45. The number of benzene rings is 2. The van der Waals surface area contributed by atoms with Crippen LogP contribution in [0.1, 0.15) is 54.0 Å². The fourth-order valence-corrected chi connectivity index (χ4v) is 4.53. The van der Waals surface area contributed by atoms with Crippen molar-refractivity contribution < 1.29 is 29.9 Å². The number of aliphatic hydroxyl groups excluding tert-OH is 4. The molecule has 1 aliphatic heterocycles. The molecule has 0 radical (unpaired) electrons. The van der Waals surface area contributed by atoms with Crippen molar-refractivity contribution in [2.75, 3.05) is 6.61 Å². The van der Waals surface area contributed by atoms with Gasteiger partial charge in [0, 0.05) is 0 Å². The van der Waals surface area contributed by atoms with Gasteiger partial charge >= 0.3 is 0 Å². The van der Waals surface area contributed by atoms with Crippen LogP contribution >= 0.6 is 0 Å². The summed E-state index contributed by atoms with van der Waals surface area (Å²) >= 11 is 0. The lowest BCUT2D eigenvalue weighted by molar-refractivity contribution is -0.231. The van der Waals surface area contributed by atoms with Crippen molar-refractivity contribution in [2.24, 2.45) is 0 Å². The highest BCUT2D eigenvalue weighted by Crippen LogP contribution is 2.33. The molecule has 2 aromatic carbocycles. The first kappa shape index (κ1) is 22.7. The van der Waals surface area contributed by atoms with Crippen LogP contribution in [0.25, 0.3) is 0 Å². The van der Waals surface area contributed by atoms with Crippen molar-refractivity contribution in [1.82, 2.24) is 0 Å². The number of aliphatic hydroxyl groups is 4. The van der Waals surface area contributed by atoms with Crippen molar-refractivity contribution >= 4 is 0 Å². The monoisotopic (exact) mass is 439 g/mol. The van der Waals surface area contributed by atoms with Crippen molar-refractivity contribution in [2.45, 2.75) is 68.7 Å². The number of nitriles is 1. The molecule has 7 nitrogen and oxygen atoms in total. The molecular weight excluding hydrogens is 410 g/mol. The first-order valence-electron chi connectivity index (χ1n) is 11.1. The van der Waals surface area contributed by atoms with Gasteiger partial charge in [0.2, 0.25) is 0 Å². The summed E-state index contributed by atoms with van der Waals surface area (Å²) in [7, 11) is 0. The zero-order chi connectivity index (χ0) is 22.7. The molecule has 1 saturated heterocycles. The van der Waals surface area contributed by atoms with Gasteiger partial charge in [-0.3, -0.25) is 0 Å². The van der Waals surface area contributed by atoms with E-state index < -0.39 is 37.1 Å². The molecule has 2 aromatic rings. The number of nitrogens with zero attached hydrogens (tertiary/aromatic N) is 1. The number of rotatable bonds is 6. The van der Waals surface area contributed by atoms with E-state index in [0.29, 0.717) is 23.7 Å². The highest BCUT2D eigenvalue weighted by atomic mass is 16.5. The third-order valence-corrected chi connectivity index (χ3v) is 6.39. The van der Waals surface area contributed by atoms with E-state index in [1.54, 1.807) is 18.2 Å². The molecule has 2 aliphatic rings. The van der Waals surface area contributed by atoms with Crippen LogP contribution in [-0.4, -0.2) is 57.6 Å². The van der Waals surface area contributed by atoms with Gasteiger partial charge in [0.1, 0.15) is 36.3 Å². The summed E-state index contributed by atoms with van der Waals surface area (Å²) < 4.78 is 11.7. The Morgan fingerprint density at radius 1 is 0.969 bits per heavy atom. The lowest BCUT2D eigenvalue weighted by atomic mass is 9.89. The summed E-state index contributed by atoms with van der Waals surface area (Å²) in [6.07, 6.45) is -0.722. The molecule has 0 spiro atoms. The Morgan fingerprint density at radius 3 is 2.34 bits per heavy atom. The second-order valence-corrected chi connectivity index (χ2v) is 8.62. The van der Waals surface area contributed by atoms with E-state index >= 15 is 0 Å². The van der Waals surface area contributed by atoms with Gasteiger partial charge in [-0.05, 0) is 67.0 Å². The van der Waals surface area contributed by atoms with Gasteiger partial charge in [0.25, 0.3) is 0 Å². The summed E-state index contributed by atoms with van der Waals surface area (Å²) in [6, 6.07) is 15.1. The largest absolute Gasteiger partial charge is 0.490 e. The molecule has 5 atom stereocenters. The molecule has 4 rings (SSSR count). The van der Waals surface area contributed by atoms with Crippen LogP contribution in [0.3, 0.4) is 0 Å². The molecule has 170 valence electrons. The molecule has 2 fully saturated rings. The SMILES string of the molecule is N#Cc1ccc([C@@H]2O[C@H](CO)[C@@H](O)[C@H](O)[C@H]2O)cc1Cc1ccc(OC2CCCC2)cc1. The molecule has 1 saturated carbocycles. The van der Waals surface area contributed by atoms with E-state index in [2.05, 4.69) is 6.07 Å². The lowest BCUT2D eigenvalue weighted by Crippen LogP contribution is -2.55. The molecule has 1 heterocycles. The Kier molecular flexibility index (Phi) is 7.09. The predicted molar refractivity (Wildman–Crippen MR) is 116 cm³/mol. The van der Waals surface area contributed by atoms with Crippen LogP contribution in [0, 0.1) is 11.3 Å². The maximum absolute atomic E-state index is 10.4. The Balaban J connectivity index is 1.53. The van der Waals surface area contributed by atoms with Crippen LogP contribution in [-0.2, 0) is 11.2 Å². The average molecular weight is 440 g/mol. The molecule has 0 aromatic heterocycles. The third kappa shape index (κ3) is 4.80. The molecule has 32 heavy (non-hydrogen) atoms. The first-order chi connectivity index (χ1) is 15.5. The van der Waals surface area contributed by atoms with Crippen LogP contribution in [0.5, 0.6) is 5.75 Å². The molecule has 7 heteroatoms. The second-order valence-electron chi connectivity index (χ2n) is 8.62. The summed E-state index contributed by atoms with van der Waals surface area (Å²) in [5.41, 5.74) is 2.83. The average Bonchev–Trinajstić information content (AvgIpc) is 3.32. The van der Waals surface area contributed by atoms with E-state index in [9.17, 15) is 25.7 Å². The van der Waals surface area contributed by atoms with E-state index in [-0.39, 0.29) is 0 Å². The van der Waals surface area contributed by atoms with E-state index in [1.165, 1.54) is 12.8 Å². The number of hydrogen-bond donors (Lipinski definition) is 4. The molecule has 0 bridgehead atoms. The van der Waals surface area contributed by atoms with Crippen molar-refractivity contribution in [3.05, 3.63) is 64.7 Å². The number of hydrogen-bond acceptors (Lipinski definition) is 7. The van der Waals surface area contributed by atoms with Gasteiger partial charge < -0.3 is 29.9 Å². The van der Waals surface area contributed by atoms with Crippen LogP contribution in [0.15, 0.2) is 42.5 Å². The van der Waals surface area contributed by atoms with Gasteiger partial charge in [-0.2, -0.15) is 5.26 Å². The normalized spacial score (nSPS) is 28.4. The predicted octanol–water partition coefficient (Wildman–Crippen LogP) is 1.99. The third-order valence-electron chi connectivity index (χ3n) is 6.39. The minimum Gasteiger partial charge on any atom is -0.490 e. The van der Waals surface area contributed by atoms with E-state index in [1.807, 2.05) is 24.3 Å². The molecular formula is C25H29NO6. The zero-order valence-electron chi connectivity index (χ0n) is 17.8. The van der Waals surface area contributed by atoms with Gasteiger partial charge in [-0.1, -0.05) is 24.3 Å². The van der Waals surface area contributed by atoms with Gasteiger partial charge in [-0.15, -0.1) is 0 Å². The second kappa shape index (κ2) is 9.99. The summed E-state index contributed by atoms with van der Waals surface area (Å²) in [5, 5.41) is 49.6. The van der Waals surface area contributed by atoms with Crippen LogP contribution < -0.4 is 4.74 Å². The smallest absolute Gasteiger partial charge is 0.119 e. The fraction of sp³-hybridized carbons (Fsp3) is 0.480. The standard InChI is InChI=1S/C25H29NO6/c26-13-17-8-7-16(25-24(30)23(29)22(28)21(14-27)32-25)12-18(17)11-15-5-9-20(10-6-15)31-19-3-1-2-4-19/h5-10,12,19,21-25,27-30H,1-4,11,14H2/t21-,22-,23+,24-,25+/m1/s1. The van der Waals surface area contributed by atoms with Crippen molar-refractivity contribution in [1.29, 1.82) is 5.26 Å². The number of ether oxygens (including phenoxy) is 2. The Labute approximate surface area is 187 Å². The Morgan fingerprint density at radius 2 is 1.69 bits per heavy atom. The summed E-state index contributed by atoms with van der Waals surface area (Å²) in [6.45, 7) is -0.486. The highest BCUT2D eigenvalue weighted by molar-refractivity contribution is 5.44. The van der Waals surface area contributed by atoms with Crippen molar-refractivity contribution in [3.8, 4) is 11.8 Å².